The van der Waals surface area contributed by atoms with Crippen molar-refractivity contribution in [1.29, 1.82) is 0 Å². The van der Waals surface area contributed by atoms with Gasteiger partial charge in [-0.1, -0.05) is 84.0 Å². The molecular formula is C27H54NO5S+. The smallest absolute Gasteiger partial charge is 0.314 e. The van der Waals surface area contributed by atoms with E-state index in [0.717, 1.165) is 43.4 Å². The largest absolute Gasteiger partial charge is 0.466 e. The molecule has 202 valence electrons. The van der Waals surface area contributed by atoms with Gasteiger partial charge in [-0.25, -0.2) is 0 Å². The third-order valence-electron chi connectivity index (χ3n) is 7.43. The monoisotopic (exact) mass is 504 g/mol. The van der Waals surface area contributed by atoms with E-state index in [1.54, 1.807) is 0 Å². The zero-order valence-corrected chi connectivity index (χ0v) is 23.1. The SMILES string of the molecule is CCCCCCCCCCCCCCCC[N+]1(CCCS(=O)(=O)O)CCCC(C(=O)OCC)C1. The van der Waals surface area contributed by atoms with Gasteiger partial charge in [0.25, 0.3) is 10.1 Å². The summed E-state index contributed by atoms with van der Waals surface area (Å²) in [6.45, 7) is 7.92. The van der Waals surface area contributed by atoms with Crippen LogP contribution in [0.25, 0.3) is 0 Å². The molecule has 6 nitrogen and oxygen atoms in total. The number of nitrogens with zero attached hydrogens (tertiary/aromatic N) is 1. The predicted octanol–water partition coefficient (Wildman–Crippen LogP) is 6.54. The molecule has 34 heavy (non-hydrogen) atoms. The van der Waals surface area contributed by atoms with Crippen LogP contribution in [0, 0.1) is 5.92 Å². The molecule has 1 aliphatic rings. The van der Waals surface area contributed by atoms with Crippen LogP contribution in [0.2, 0.25) is 0 Å². The number of likely N-dealkylation sites (tertiary alicyclic amines) is 1. The summed E-state index contributed by atoms with van der Waals surface area (Å²) in [7, 11) is -3.94. The Bertz CT molecular complexity index is 625. The highest BCUT2D eigenvalue weighted by atomic mass is 32.2. The molecule has 1 fully saturated rings. The van der Waals surface area contributed by atoms with Crippen LogP contribution in [0.5, 0.6) is 0 Å². The van der Waals surface area contributed by atoms with Crippen molar-refractivity contribution < 1.29 is 27.0 Å². The van der Waals surface area contributed by atoms with Gasteiger partial charge in [-0.05, 0) is 32.6 Å². The minimum absolute atomic E-state index is 0.0916. The number of piperidine rings is 1. The molecule has 1 rings (SSSR count). The lowest BCUT2D eigenvalue weighted by Crippen LogP contribution is -2.56. The van der Waals surface area contributed by atoms with Crippen LogP contribution in [0.4, 0.5) is 0 Å². The van der Waals surface area contributed by atoms with Crippen molar-refractivity contribution >= 4 is 16.1 Å². The van der Waals surface area contributed by atoms with Crippen molar-refractivity contribution in [3.63, 3.8) is 0 Å². The van der Waals surface area contributed by atoms with Gasteiger partial charge in [0.15, 0.2) is 0 Å². The molecule has 0 aromatic heterocycles. The first-order valence-corrected chi connectivity index (χ1v) is 15.9. The fourth-order valence-electron chi connectivity index (χ4n) is 5.52. The average Bonchev–Trinajstić information content (AvgIpc) is 2.79. The van der Waals surface area contributed by atoms with Gasteiger partial charge in [0.05, 0.1) is 38.5 Å². The maximum atomic E-state index is 12.4. The first-order valence-electron chi connectivity index (χ1n) is 14.3. The molecule has 0 amide bonds. The number of carbonyl (C=O) groups excluding carboxylic acids is 1. The van der Waals surface area contributed by atoms with Crippen molar-refractivity contribution in [1.82, 2.24) is 0 Å². The second-order valence-corrected chi connectivity index (χ2v) is 12.1. The van der Waals surface area contributed by atoms with E-state index in [1.807, 2.05) is 6.92 Å². The first kappa shape index (κ1) is 31.4. The van der Waals surface area contributed by atoms with Gasteiger partial charge < -0.3 is 9.22 Å². The Balaban J connectivity index is 2.27. The van der Waals surface area contributed by atoms with Crippen molar-refractivity contribution in [2.24, 2.45) is 5.92 Å². The summed E-state index contributed by atoms with van der Waals surface area (Å²) in [5.74, 6) is -0.401. The van der Waals surface area contributed by atoms with Gasteiger partial charge in [-0.3, -0.25) is 9.35 Å². The van der Waals surface area contributed by atoms with E-state index in [2.05, 4.69) is 6.92 Å². The molecule has 1 aliphatic heterocycles. The van der Waals surface area contributed by atoms with Crippen LogP contribution in [0.15, 0.2) is 0 Å². The first-order chi connectivity index (χ1) is 16.3. The van der Waals surface area contributed by atoms with Gasteiger partial charge in [0.1, 0.15) is 5.92 Å². The number of hydrogen-bond acceptors (Lipinski definition) is 4. The van der Waals surface area contributed by atoms with Crippen LogP contribution in [-0.2, 0) is 19.6 Å². The normalized spacial score (nSPS) is 21.0. The summed E-state index contributed by atoms with van der Waals surface area (Å²) in [4.78, 5) is 12.4. The molecule has 0 saturated carbocycles. The van der Waals surface area contributed by atoms with Crippen LogP contribution >= 0.6 is 0 Å². The van der Waals surface area contributed by atoms with E-state index in [-0.39, 0.29) is 17.6 Å². The van der Waals surface area contributed by atoms with E-state index >= 15 is 0 Å². The number of carbonyl (C=O) groups is 1. The third kappa shape index (κ3) is 15.4. The number of quaternary nitrogens is 1. The topological polar surface area (TPSA) is 80.7 Å². The Morgan fingerprint density at radius 2 is 1.32 bits per heavy atom. The van der Waals surface area contributed by atoms with Crippen molar-refractivity contribution in [2.45, 2.75) is 123 Å². The maximum absolute atomic E-state index is 12.4. The standard InChI is InChI=1S/C27H53NO5S/c1-3-5-6-7-8-9-10-11-12-13-14-15-16-17-21-28(23-19-24-34(30,31)32)22-18-20-26(25-28)27(29)33-4-2/h26H,3-25H2,1-2H3/p+1. The number of rotatable bonds is 21. The summed E-state index contributed by atoms with van der Waals surface area (Å²) < 4.78 is 37.6. The highest BCUT2D eigenvalue weighted by Crippen LogP contribution is 2.27. The summed E-state index contributed by atoms with van der Waals surface area (Å²) in [6.07, 6.45) is 20.9. The van der Waals surface area contributed by atoms with E-state index in [1.165, 1.54) is 83.5 Å². The lowest BCUT2D eigenvalue weighted by atomic mass is 9.94. The zero-order chi connectivity index (χ0) is 25.1. The summed E-state index contributed by atoms with van der Waals surface area (Å²) in [6, 6.07) is 0. The van der Waals surface area contributed by atoms with E-state index in [9.17, 15) is 13.2 Å². The van der Waals surface area contributed by atoms with Crippen LogP contribution in [-0.4, -0.2) is 62.0 Å². The molecule has 1 heterocycles. The van der Waals surface area contributed by atoms with Crippen LogP contribution in [0.3, 0.4) is 0 Å². The number of ether oxygens (including phenoxy) is 1. The molecular weight excluding hydrogens is 450 g/mol. The molecule has 1 saturated heterocycles. The van der Waals surface area contributed by atoms with E-state index in [4.69, 9.17) is 9.29 Å². The Labute approximate surface area is 210 Å². The molecule has 7 heteroatoms. The zero-order valence-electron chi connectivity index (χ0n) is 22.3. The molecule has 2 atom stereocenters. The van der Waals surface area contributed by atoms with E-state index < -0.39 is 10.1 Å². The third-order valence-corrected chi connectivity index (χ3v) is 8.24. The van der Waals surface area contributed by atoms with Crippen molar-refractivity contribution in [3.05, 3.63) is 0 Å². The van der Waals surface area contributed by atoms with Gasteiger partial charge in [0.2, 0.25) is 0 Å². The molecule has 0 aromatic rings. The van der Waals surface area contributed by atoms with Crippen molar-refractivity contribution in [2.75, 3.05) is 38.5 Å². The fraction of sp³-hybridized carbons (Fsp3) is 0.963. The van der Waals surface area contributed by atoms with Crippen molar-refractivity contribution in [3.8, 4) is 0 Å². The van der Waals surface area contributed by atoms with Gasteiger partial charge >= 0.3 is 5.97 Å². The van der Waals surface area contributed by atoms with Crippen LogP contribution < -0.4 is 0 Å². The summed E-state index contributed by atoms with van der Waals surface area (Å²) in [5, 5.41) is 0. The fourth-order valence-corrected chi connectivity index (χ4v) is 6.01. The quantitative estimate of drug-likeness (QED) is 0.0831. The van der Waals surface area contributed by atoms with Gasteiger partial charge in [0, 0.05) is 6.42 Å². The molecule has 0 aromatic carbocycles. The summed E-state index contributed by atoms with van der Waals surface area (Å²) in [5.41, 5.74) is 0. The maximum Gasteiger partial charge on any atom is 0.314 e. The summed E-state index contributed by atoms with van der Waals surface area (Å²) >= 11 is 0. The highest BCUT2D eigenvalue weighted by molar-refractivity contribution is 7.85. The second kappa shape index (κ2) is 18.6. The Morgan fingerprint density at radius 3 is 1.82 bits per heavy atom. The lowest BCUT2D eigenvalue weighted by molar-refractivity contribution is -0.935. The Hall–Kier alpha value is -0.660. The molecule has 0 aliphatic carbocycles. The lowest BCUT2D eigenvalue weighted by Gasteiger charge is -2.44. The minimum atomic E-state index is -3.94. The van der Waals surface area contributed by atoms with Gasteiger partial charge in [-0.2, -0.15) is 8.42 Å². The molecule has 0 spiro atoms. The number of unbranched alkanes of at least 4 members (excludes halogenated alkanes) is 13. The highest BCUT2D eigenvalue weighted by Gasteiger charge is 2.38. The average molecular weight is 505 g/mol. The molecule has 2 unspecified atom stereocenters. The van der Waals surface area contributed by atoms with Crippen LogP contribution in [0.1, 0.15) is 123 Å². The molecule has 1 N–H and O–H groups in total. The minimum Gasteiger partial charge on any atom is -0.466 e. The Morgan fingerprint density at radius 1 is 0.824 bits per heavy atom. The van der Waals surface area contributed by atoms with Gasteiger partial charge in [-0.15, -0.1) is 0 Å². The van der Waals surface area contributed by atoms with E-state index in [0.29, 0.717) is 19.6 Å². The molecule has 0 bridgehead atoms. The molecule has 0 radical (unpaired) electrons. The Kier molecular flexibility index (Phi) is 17.1. The number of hydrogen-bond donors (Lipinski definition) is 1. The number of esters is 1. The second-order valence-electron chi connectivity index (χ2n) is 10.5. The predicted molar refractivity (Wildman–Crippen MR) is 140 cm³/mol.